The van der Waals surface area contributed by atoms with E-state index >= 15 is 0 Å². The lowest BCUT2D eigenvalue weighted by Gasteiger charge is -2.17. The summed E-state index contributed by atoms with van der Waals surface area (Å²) in [5.41, 5.74) is 3.73. The monoisotopic (exact) mass is 345 g/mol. The highest BCUT2D eigenvalue weighted by molar-refractivity contribution is 5.83. The quantitative estimate of drug-likeness (QED) is 0.605. The van der Waals surface area contributed by atoms with E-state index in [1.165, 1.54) is 0 Å². The molecule has 0 saturated carbocycles. The zero-order valence-corrected chi connectivity index (χ0v) is 14.4. The van der Waals surface area contributed by atoms with E-state index < -0.39 is 6.04 Å². The third kappa shape index (κ3) is 3.21. The van der Waals surface area contributed by atoms with E-state index in [1.54, 1.807) is 17.1 Å². The highest BCUT2D eigenvalue weighted by Gasteiger charge is 2.22. The summed E-state index contributed by atoms with van der Waals surface area (Å²) in [6.07, 6.45) is 7.37. The summed E-state index contributed by atoms with van der Waals surface area (Å²) in [5.74, 6) is -0.117. The molecule has 1 atom stereocenters. The summed E-state index contributed by atoms with van der Waals surface area (Å²) in [7, 11) is 0. The topological polar surface area (TPSA) is 64.2 Å². The van der Waals surface area contributed by atoms with E-state index in [0.717, 1.165) is 22.5 Å². The molecule has 6 nitrogen and oxygen atoms in total. The number of benzene rings is 1. The minimum atomic E-state index is -0.509. The lowest BCUT2D eigenvalue weighted by atomic mass is 10.1. The van der Waals surface area contributed by atoms with Crippen molar-refractivity contribution >= 4 is 11.6 Å². The molecule has 4 rings (SSSR count). The molecule has 3 aromatic heterocycles. The minimum Gasteiger partial charge on any atom is -0.348 e. The number of imidazole rings is 1. The van der Waals surface area contributed by atoms with Gasteiger partial charge in [0.1, 0.15) is 5.65 Å². The molecule has 0 aliphatic carbocycles. The normalized spacial score (nSPS) is 12.2. The van der Waals surface area contributed by atoms with Crippen molar-refractivity contribution in [2.24, 2.45) is 0 Å². The highest BCUT2D eigenvalue weighted by atomic mass is 16.2. The van der Waals surface area contributed by atoms with Gasteiger partial charge in [0.05, 0.1) is 12.2 Å². The van der Waals surface area contributed by atoms with Crippen LogP contribution < -0.4 is 5.32 Å². The molecule has 0 bridgehead atoms. The number of carbonyl (C=O) groups excluding carboxylic acids is 1. The van der Waals surface area contributed by atoms with Gasteiger partial charge in [0.2, 0.25) is 5.91 Å². The smallest absolute Gasteiger partial charge is 0.249 e. The van der Waals surface area contributed by atoms with Crippen LogP contribution in [0, 0.1) is 6.92 Å². The van der Waals surface area contributed by atoms with Gasteiger partial charge in [-0.15, -0.1) is 0 Å². The largest absolute Gasteiger partial charge is 0.348 e. The molecule has 4 aromatic rings. The zero-order valence-electron chi connectivity index (χ0n) is 14.4. The second-order valence-corrected chi connectivity index (χ2v) is 6.22. The van der Waals surface area contributed by atoms with E-state index in [2.05, 4.69) is 15.4 Å². The lowest BCUT2D eigenvalue weighted by molar-refractivity contribution is -0.123. The van der Waals surface area contributed by atoms with Crippen LogP contribution in [0.1, 0.15) is 22.9 Å². The Kier molecular flexibility index (Phi) is 4.23. The van der Waals surface area contributed by atoms with Gasteiger partial charge < -0.3 is 9.72 Å². The molecule has 130 valence electrons. The molecule has 0 fully saturated rings. The second kappa shape index (κ2) is 6.84. The van der Waals surface area contributed by atoms with Gasteiger partial charge in [0.25, 0.3) is 0 Å². The number of pyridine rings is 1. The third-order valence-corrected chi connectivity index (χ3v) is 4.26. The molecule has 3 heterocycles. The van der Waals surface area contributed by atoms with Crippen LogP contribution >= 0.6 is 0 Å². The minimum absolute atomic E-state index is 0.117. The van der Waals surface area contributed by atoms with Crippen LogP contribution in [0.15, 0.2) is 73.3 Å². The summed E-state index contributed by atoms with van der Waals surface area (Å²) in [6.45, 7) is 2.40. The van der Waals surface area contributed by atoms with Gasteiger partial charge in [-0.05, 0) is 36.2 Å². The molecular formula is C20H19N5O. The number of amides is 1. The van der Waals surface area contributed by atoms with Crippen LogP contribution in [0.3, 0.4) is 0 Å². The zero-order chi connectivity index (χ0) is 17.9. The van der Waals surface area contributed by atoms with Gasteiger partial charge in [0, 0.05) is 24.8 Å². The van der Waals surface area contributed by atoms with Crippen molar-refractivity contribution in [3.63, 3.8) is 0 Å². The number of hydrogen-bond donors (Lipinski definition) is 1. The molecule has 1 amide bonds. The number of rotatable bonds is 5. The van der Waals surface area contributed by atoms with E-state index in [-0.39, 0.29) is 5.91 Å². The fraction of sp³-hybridized carbons (Fsp3) is 0.150. The Morgan fingerprint density at radius 1 is 1.15 bits per heavy atom. The predicted molar refractivity (Wildman–Crippen MR) is 98.6 cm³/mol. The number of aromatic nitrogens is 4. The van der Waals surface area contributed by atoms with Crippen molar-refractivity contribution in [1.29, 1.82) is 0 Å². The first-order valence-electron chi connectivity index (χ1n) is 8.47. The highest BCUT2D eigenvalue weighted by Crippen LogP contribution is 2.18. The SMILES string of the molecule is Cc1ccn2cc(CNC(=O)C(c3ccccc3)n3cccn3)nc2c1. The molecule has 26 heavy (non-hydrogen) atoms. The maximum atomic E-state index is 12.9. The number of fused-ring (bicyclic) bond motifs is 1. The van der Waals surface area contributed by atoms with Gasteiger partial charge in [-0.3, -0.25) is 9.48 Å². The van der Waals surface area contributed by atoms with Crippen molar-refractivity contribution in [2.45, 2.75) is 19.5 Å². The average Bonchev–Trinajstić information content (AvgIpc) is 3.30. The van der Waals surface area contributed by atoms with Gasteiger partial charge in [-0.2, -0.15) is 5.10 Å². The van der Waals surface area contributed by atoms with Crippen LogP contribution in [0.4, 0.5) is 0 Å². The average molecular weight is 345 g/mol. The number of nitrogens with zero attached hydrogens (tertiary/aromatic N) is 4. The molecule has 0 radical (unpaired) electrons. The third-order valence-electron chi connectivity index (χ3n) is 4.26. The lowest BCUT2D eigenvalue weighted by Crippen LogP contribution is -2.33. The summed E-state index contributed by atoms with van der Waals surface area (Å²) >= 11 is 0. The van der Waals surface area contributed by atoms with Crippen LogP contribution in [0.25, 0.3) is 5.65 Å². The molecule has 6 heteroatoms. The first-order chi connectivity index (χ1) is 12.7. The van der Waals surface area contributed by atoms with Gasteiger partial charge in [0.15, 0.2) is 6.04 Å². The first kappa shape index (κ1) is 16.1. The fourth-order valence-corrected chi connectivity index (χ4v) is 2.99. The van der Waals surface area contributed by atoms with E-state index in [9.17, 15) is 4.79 Å². The van der Waals surface area contributed by atoms with Crippen molar-refractivity contribution in [2.75, 3.05) is 0 Å². The second-order valence-electron chi connectivity index (χ2n) is 6.22. The molecule has 0 saturated heterocycles. The summed E-state index contributed by atoms with van der Waals surface area (Å²) in [4.78, 5) is 17.4. The van der Waals surface area contributed by atoms with Gasteiger partial charge in [-0.1, -0.05) is 30.3 Å². The van der Waals surface area contributed by atoms with Crippen molar-refractivity contribution in [3.05, 3.63) is 90.1 Å². The van der Waals surface area contributed by atoms with E-state index in [1.807, 2.05) is 72.2 Å². The van der Waals surface area contributed by atoms with Crippen molar-refractivity contribution < 1.29 is 4.79 Å². The number of hydrogen-bond acceptors (Lipinski definition) is 3. The van der Waals surface area contributed by atoms with Crippen LogP contribution in [-0.2, 0) is 11.3 Å². The van der Waals surface area contributed by atoms with Gasteiger partial charge in [-0.25, -0.2) is 4.98 Å². The van der Waals surface area contributed by atoms with Crippen molar-refractivity contribution in [3.8, 4) is 0 Å². The standard InChI is InChI=1S/C20H19N5O/c1-15-8-11-24-14-17(23-18(24)12-15)13-21-20(26)19(25-10-5-9-22-25)16-6-3-2-4-7-16/h2-12,14,19H,13H2,1H3,(H,21,26). The molecule has 0 aliphatic rings. The molecule has 1 unspecified atom stereocenters. The molecule has 0 spiro atoms. The Morgan fingerprint density at radius 2 is 2.00 bits per heavy atom. The van der Waals surface area contributed by atoms with E-state index in [0.29, 0.717) is 6.54 Å². The fourth-order valence-electron chi connectivity index (χ4n) is 2.99. The molecule has 1 N–H and O–H groups in total. The summed E-state index contributed by atoms with van der Waals surface area (Å²) in [6, 6.07) is 15.0. The maximum absolute atomic E-state index is 12.9. The number of aryl methyl sites for hydroxylation is 1. The summed E-state index contributed by atoms with van der Waals surface area (Å²) in [5, 5.41) is 7.24. The Hall–Kier alpha value is -3.41. The Morgan fingerprint density at radius 3 is 2.77 bits per heavy atom. The van der Waals surface area contributed by atoms with Gasteiger partial charge >= 0.3 is 0 Å². The number of carbonyl (C=O) groups is 1. The van der Waals surface area contributed by atoms with Crippen LogP contribution in [-0.4, -0.2) is 25.1 Å². The van der Waals surface area contributed by atoms with Crippen LogP contribution in [0.2, 0.25) is 0 Å². The Labute approximate surface area is 151 Å². The van der Waals surface area contributed by atoms with Crippen molar-refractivity contribution in [1.82, 2.24) is 24.5 Å². The van der Waals surface area contributed by atoms with E-state index in [4.69, 9.17) is 0 Å². The maximum Gasteiger partial charge on any atom is 0.249 e. The molecule has 0 aliphatic heterocycles. The predicted octanol–water partition coefficient (Wildman–Crippen LogP) is 2.75. The summed E-state index contributed by atoms with van der Waals surface area (Å²) < 4.78 is 3.62. The Bertz CT molecular complexity index is 1020. The molecular weight excluding hydrogens is 326 g/mol. The van der Waals surface area contributed by atoms with Crippen LogP contribution in [0.5, 0.6) is 0 Å². The first-order valence-corrected chi connectivity index (χ1v) is 8.47. The molecule has 1 aromatic carbocycles. The number of nitrogens with one attached hydrogen (secondary N) is 1. The Balaban J connectivity index is 1.54.